The van der Waals surface area contributed by atoms with Crippen molar-refractivity contribution in [3.05, 3.63) is 60.5 Å². The second-order valence-corrected chi connectivity index (χ2v) is 6.98. The molecule has 2 unspecified atom stereocenters. The Morgan fingerprint density at radius 3 is 2.72 bits per heavy atom. The van der Waals surface area contributed by atoms with Crippen LogP contribution in [0.1, 0.15) is 11.6 Å². The molecule has 2 aromatic rings. The SMILES string of the molecule is CN(C)CCNCC1=Nc2c(ncc3ccccc23)C2C=CC=CC12. The highest BCUT2D eigenvalue weighted by atomic mass is 15.1. The van der Waals surface area contributed by atoms with Gasteiger partial charge in [0.1, 0.15) is 0 Å². The Bertz CT molecular complexity index is 863. The molecule has 0 fully saturated rings. The third kappa shape index (κ3) is 3.15. The van der Waals surface area contributed by atoms with E-state index in [9.17, 15) is 0 Å². The summed E-state index contributed by atoms with van der Waals surface area (Å²) in [6.45, 7) is 2.80. The van der Waals surface area contributed by atoms with Gasteiger partial charge in [-0.25, -0.2) is 0 Å². The molecule has 0 radical (unpaired) electrons. The van der Waals surface area contributed by atoms with E-state index < -0.39 is 0 Å². The number of likely N-dealkylation sites (N-methyl/N-ethyl adjacent to an activating group) is 1. The van der Waals surface area contributed by atoms with Crippen molar-refractivity contribution in [2.75, 3.05) is 33.7 Å². The van der Waals surface area contributed by atoms with Crippen molar-refractivity contribution in [1.82, 2.24) is 15.2 Å². The molecule has 25 heavy (non-hydrogen) atoms. The maximum absolute atomic E-state index is 5.07. The molecule has 4 nitrogen and oxygen atoms in total. The fourth-order valence-electron chi connectivity index (χ4n) is 3.61. The zero-order valence-corrected chi connectivity index (χ0v) is 14.8. The predicted molar refractivity (Wildman–Crippen MR) is 105 cm³/mol. The molecule has 0 saturated carbocycles. The molecule has 4 rings (SSSR count). The van der Waals surface area contributed by atoms with Gasteiger partial charge < -0.3 is 10.2 Å². The number of aliphatic imine (C=N–C) groups is 1. The van der Waals surface area contributed by atoms with Gasteiger partial charge in [0.15, 0.2) is 0 Å². The second kappa shape index (κ2) is 6.90. The molecule has 1 aromatic carbocycles. The summed E-state index contributed by atoms with van der Waals surface area (Å²) < 4.78 is 0. The molecular formula is C21H24N4. The van der Waals surface area contributed by atoms with E-state index in [1.54, 1.807) is 0 Å². The molecule has 1 aliphatic heterocycles. The van der Waals surface area contributed by atoms with Gasteiger partial charge in [0.25, 0.3) is 0 Å². The van der Waals surface area contributed by atoms with E-state index in [0.717, 1.165) is 36.4 Å². The number of aromatic nitrogens is 1. The number of rotatable bonds is 5. The molecule has 0 bridgehead atoms. The van der Waals surface area contributed by atoms with E-state index in [2.05, 4.69) is 72.9 Å². The second-order valence-electron chi connectivity index (χ2n) is 6.98. The van der Waals surface area contributed by atoms with Gasteiger partial charge in [-0.15, -0.1) is 0 Å². The van der Waals surface area contributed by atoms with Crippen LogP contribution in [0, 0.1) is 5.92 Å². The van der Waals surface area contributed by atoms with Crippen LogP contribution in [0.15, 0.2) is 59.8 Å². The highest BCUT2D eigenvalue weighted by Gasteiger charge is 2.32. The first-order valence-electron chi connectivity index (χ1n) is 8.89. The van der Waals surface area contributed by atoms with Crippen molar-refractivity contribution in [3.8, 4) is 0 Å². The summed E-state index contributed by atoms with van der Waals surface area (Å²) in [4.78, 5) is 12.0. The number of allylic oxidation sites excluding steroid dienone is 4. The molecule has 128 valence electrons. The molecule has 2 aliphatic rings. The molecule has 1 aromatic heterocycles. The van der Waals surface area contributed by atoms with Crippen LogP contribution in [-0.4, -0.2) is 49.3 Å². The lowest BCUT2D eigenvalue weighted by Crippen LogP contribution is -2.36. The van der Waals surface area contributed by atoms with E-state index in [1.807, 2.05) is 6.20 Å². The number of hydrogen-bond acceptors (Lipinski definition) is 4. The van der Waals surface area contributed by atoms with Crippen LogP contribution in [0.2, 0.25) is 0 Å². The monoisotopic (exact) mass is 332 g/mol. The number of hydrogen-bond donors (Lipinski definition) is 1. The molecule has 1 N–H and O–H groups in total. The minimum Gasteiger partial charge on any atom is -0.310 e. The summed E-state index contributed by atoms with van der Waals surface area (Å²) in [7, 11) is 4.19. The fraction of sp³-hybridized carbons (Fsp3) is 0.333. The van der Waals surface area contributed by atoms with Crippen LogP contribution < -0.4 is 5.32 Å². The van der Waals surface area contributed by atoms with Crippen molar-refractivity contribution in [2.24, 2.45) is 10.9 Å². The van der Waals surface area contributed by atoms with Crippen LogP contribution in [0.4, 0.5) is 5.69 Å². The van der Waals surface area contributed by atoms with E-state index in [4.69, 9.17) is 9.98 Å². The van der Waals surface area contributed by atoms with Crippen molar-refractivity contribution in [3.63, 3.8) is 0 Å². The zero-order valence-electron chi connectivity index (χ0n) is 14.8. The maximum Gasteiger partial charge on any atom is 0.0929 e. The van der Waals surface area contributed by atoms with Crippen molar-refractivity contribution in [1.29, 1.82) is 0 Å². The van der Waals surface area contributed by atoms with Gasteiger partial charge in [-0.3, -0.25) is 9.98 Å². The molecule has 2 atom stereocenters. The summed E-state index contributed by atoms with van der Waals surface area (Å²) in [6, 6.07) is 8.39. The van der Waals surface area contributed by atoms with Gasteiger partial charge >= 0.3 is 0 Å². The van der Waals surface area contributed by atoms with Gasteiger partial charge in [-0.1, -0.05) is 48.6 Å². The van der Waals surface area contributed by atoms with Crippen LogP contribution in [0.3, 0.4) is 0 Å². The van der Waals surface area contributed by atoms with Gasteiger partial charge in [-0.05, 0) is 14.1 Å². The Morgan fingerprint density at radius 1 is 1.08 bits per heavy atom. The Labute approximate surface area is 149 Å². The van der Waals surface area contributed by atoms with Crippen LogP contribution in [0.25, 0.3) is 10.8 Å². The molecule has 0 amide bonds. The van der Waals surface area contributed by atoms with Gasteiger partial charge in [0.2, 0.25) is 0 Å². The van der Waals surface area contributed by atoms with Gasteiger partial charge in [0.05, 0.1) is 11.4 Å². The van der Waals surface area contributed by atoms with E-state index in [1.165, 1.54) is 11.1 Å². The number of benzene rings is 1. The molecule has 4 heteroatoms. The lowest BCUT2D eigenvalue weighted by Gasteiger charge is -2.31. The topological polar surface area (TPSA) is 40.5 Å². The van der Waals surface area contributed by atoms with Crippen LogP contribution in [-0.2, 0) is 0 Å². The first-order valence-corrected chi connectivity index (χ1v) is 8.89. The zero-order chi connectivity index (χ0) is 17.2. The first-order chi connectivity index (χ1) is 12.2. The maximum atomic E-state index is 5.07. The number of fused-ring (bicyclic) bond motifs is 5. The van der Waals surface area contributed by atoms with Crippen molar-refractivity contribution in [2.45, 2.75) is 5.92 Å². The largest absolute Gasteiger partial charge is 0.310 e. The minimum absolute atomic E-state index is 0.285. The highest BCUT2D eigenvalue weighted by Crippen LogP contribution is 2.43. The first kappa shape index (κ1) is 16.2. The minimum atomic E-state index is 0.285. The lowest BCUT2D eigenvalue weighted by molar-refractivity contribution is 0.404. The molecular weight excluding hydrogens is 308 g/mol. The molecule has 0 saturated heterocycles. The summed E-state index contributed by atoms with van der Waals surface area (Å²) in [5, 5.41) is 5.89. The standard InChI is InChI=1S/C21H24N4/c1-25(2)12-11-22-14-19-17-9-5-6-10-18(17)20-21(24-19)16-8-4-3-7-15(16)13-23-20/h3-10,13,17-18,22H,11-12,14H2,1-2H3. The Morgan fingerprint density at radius 2 is 1.88 bits per heavy atom. The Kier molecular flexibility index (Phi) is 4.47. The van der Waals surface area contributed by atoms with Crippen molar-refractivity contribution >= 4 is 22.2 Å². The fourth-order valence-corrected chi connectivity index (χ4v) is 3.61. The molecule has 2 heterocycles. The van der Waals surface area contributed by atoms with Gasteiger partial charge in [0, 0.05) is 54.2 Å². The molecule has 1 aliphatic carbocycles. The summed E-state index contributed by atoms with van der Waals surface area (Å²) in [6.07, 6.45) is 10.8. The van der Waals surface area contributed by atoms with Crippen LogP contribution >= 0.6 is 0 Å². The highest BCUT2D eigenvalue weighted by molar-refractivity contribution is 6.02. The Hall–Kier alpha value is -2.30. The summed E-state index contributed by atoms with van der Waals surface area (Å²) >= 11 is 0. The van der Waals surface area contributed by atoms with Crippen LogP contribution in [0.5, 0.6) is 0 Å². The average Bonchev–Trinajstić information content (AvgIpc) is 2.64. The Balaban J connectivity index is 1.71. The average molecular weight is 332 g/mol. The number of nitrogens with one attached hydrogen (secondary N) is 1. The number of nitrogens with zero attached hydrogens (tertiary/aromatic N) is 3. The smallest absolute Gasteiger partial charge is 0.0929 e. The van der Waals surface area contributed by atoms with E-state index >= 15 is 0 Å². The number of pyridine rings is 1. The van der Waals surface area contributed by atoms with E-state index in [0.29, 0.717) is 5.92 Å². The predicted octanol–water partition coefficient (Wildman–Crippen LogP) is 3.30. The summed E-state index contributed by atoms with van der Waals surface area (Å²) in [5.41, 5.74) is 3.35. The van der Waals surface area contributed by atoms with Gasteiger partial charge in [-0.2, -0.15) is 0 Å². The molecule has 0 spiro atoms. The van der Waals surface area contributed by atoms with E-state index in [-0.39, 0.29) is 5.92 Å². The normalized spacial score (nSPS) is 21.3. The van der Waals surface area contributed by atoms with Crippen molar-refractivity contribution < 1.29 is 0 Å². The summed E-state index contributed by atoms with van der Waals surface area (Å²) in [5.74, 6) is 0.589. The third-order valence-corrected chi connectivity index (χ3v) is 4.93. The third-order valence-electron chi connectivity index (χ3n) is 4.93. The quantitative estimate of drug-likeness (QED) is 0.854. The lowest BCUT2D eigenvalue weighted by atomic mass is 9.79.